The Bertz CT molecular complexity index is 635. The molecule has 23 heavy (non-hydrogen) atoms. The SMILES string of the molecule is O=C(CCc1csc2ccccc12)NNCCC1CCOCC1. The number of carbonyl (C=O) groups excluding carboxylic acids is 1. The van der Waals surface area contributed by atoms with Crippen molar-refractivity contribution in [2.75, 3.05) is 19.8 Å². The van der Waals surface area contributed by atoms with Gasteiger partial charge in [0.1, 0.15) is 0 Å². The zero-order valence-corrected chi connectivity index (χ0v) is 14.2. The Balaban J connectivity index is 1.35. The van der Waals surface area contributed by atoms with E-state index in [1.807, 2.05) is 0 Å². The van der Waals surface area contributed by atoms with Crippen LogP contribution in [0.4, 0.5) is 0 Å². The first-order valence-corrected chi connectivity index (χ1v) is 9.25. The topological polar surface area (TPSA) is 50.4 Å². The van der Waals surface area contributed by atoms with Gasteiger partial charge in [-0.05, 0) is 54.0 Å². The van der Waals surface area contributed by atoms with Gasteiger partial charge in [-0.2, -0.15) is 0 Å². The number of hydrogen-bond acceptors (Lipinski definition) is 4. The van der Waals surface area contributed by atoms with E-state index in [0.717, 1.165) is 51.4 Å². The van der Waals surface area contributed by atoms with Gasteiger partial charge in [0.25, 0.3) is 0 Å². The zero-order valence-electron chi connectivity index (χ0n) is 13.3. The maximum Gasteiger partial charge on any atom is 0.234 e. The molecule has 1 saturated heterocycles. The quantitative estimate of drug-likeness (QED) is 0.604. The Labute approximate surface area is 141 Å². The molecule has 5 heteroatoms. The lowest BCUT2D eigenvalue weighted by molar-refractivity contribution is -0.122. The van der Waals surface area contributed by atoms with E-state index in [4.69, 9.17) is 4.74 Å². The fourth-order valence-electron chi connectivity index (χ4n) is 3.01. The summed E-state index contributed by atoms with van der Waals surface area (Å²) in [5.41, 5.74) is 7.14. The number of thiophene rings is 1. The maximum absolute atomic E-state index is 11.9. The van der Waals surface area contributed by atoms with Crippen LogP contribution in [0.1, 0.15) is 31.2 Å². The summed E-state index contributed by atoms with van der Waals surface area (Å²) in [6.07, 6.45) is 4.68. The van der Waals surface area contributed by atoms with Crippen molar-refractivity contribution < 1.29 is 9.53 Å². The first kappa shape index (κ1) is 16.4. The Morgan fingerprint density at radius 3 is 2.96 bits per heavy atom. The summed E-state index contributed by atoms with van der Waals surface area (Å²) in [6.45, 7) is 2.59. The average molecular weight is 332 g/mol. The molecule has 4 nitrogen and oxygen atoms in total. The molecule has 1 aromatic carbocycles. The molecule has 2 heterocycles. The second kappa shape index (κ2) is 8.43. The molecular formula is C18H24N2O2S. The van der Waals surface area contributed by atoms with Crippen LogP contribution in [0.15, 0.2) is 29.6 Å². The summed E-state index contributed by atoms with van der Waals surface area (Å²) in [4.78, 5) is 11.9. The average Bonchev–Trinajstić information content (AvgIpc) is 3.01. The second-order valence-electron chi connectivity index (χ2n) is 6.08. The molecule has 3 rings (SSSR count). The van der Waals surface area contributed by atoms with E-state index in [2.05, 4.69) is 40.5 Å². The van der Waals surface area contributed by atoms with Crippen molar-refractivity contribution in [3.63, 3.8) is 0 Å². The zero-order chi connectivity index (χ0) is 15.9. The summed E-state index contributed by atoms with van der Waals surface area (Å²) in [5.74, 6) is 0.789. The van der Waals surface area contributed by atoms with Crippen LogP contribution in [-0.2, 0) is 16.0 Å². The number of nitrogens with one attached hydrogen (secondary N) is 2. The molecule has 2 aromatic rings. The minimum atomic E-state index is 0.0623. The molecule has 0 unspecified atom stereocenters. The Morgan fingerprint density at radius 1 is 1.26 bits per heavy atom. The van der Waals surface area contributed by atoms with Crippen molar-refractivity contribution in [2.45, 2.75) is 32.1 Å². The van der Waals surface area contributed by atoms with Crippen molar-refractivity contribution in [1.29, 1.82) is 0 Å². The van der Waals surface area contributed by atoms with Crippen LogP contribution in [0.25, 0.3) is 10.1 Å². The van der Waals surface area contributed by atoms with Crippen LogP contribution >= 0.6 is 11.3 Å². The first-order chi connectivity index (χ1) is 11.3. The Hall–Kier alpha value is -1.43. The predicted octanol–water partition coefficient (Wildman–Crippen LogP) is 3.27. The van der Waals surface area contributed by atoms with Gasteiger partial charge in [-0.15, -0.1) is 11.3 Å². The highest BCUT2D eigenvalue weighted by Gasteiger charge is 2.13. The van der Waals surface area contributed by atoms with Gasteiger partial charge < -0.3 is 4.74 Å². The molecule has 1 aliphatic heterocycles. The molecule has 0 atom stereocenters. The fourth-order valence-corrected chi connectivity index (χ4v) is 4.01. The number of carbonyl (C=O) groups is 1. The number of benzene rings is 1. The van der Waals surface area contributed by atoms with E-state index < -0.39 is 0 Å². The van der Waals surface area contributed by atoms with Crippen molar-refractivity contribution in [3.05, 3.63) is 35.2 Å². The van der Waals surface area contributed by atoms with Gasteiger partial charge in [-0.25, -0.2) is 5.43 Å². The third-order valence-electron chi connectivity index (χ3n) is 4.43. The van der Waals surface area contributed by atoms with E-state index >= 15 is 0 Å². The Kier molecular flexibility index (Phi) is 6.02. The molecule has 1 aliphatic rings. The molecule has 2 N–H and O–H groups in total. The summed E-state index contributed by atoms with van der Waals surface area (Å²) in [6, 6.07) is 8.36. The largest absolute Gasteiger partial charge is 0.381 e. The summed E-state index contributed by atoms with van der Waals surface area (Å²) >= 11 is 1.75. The smallest absolute Gasteiger partial charge is 0.234 e. The fraction of sp³-hybridized carbons (Fsp3) is 0.500. The number of hydrogen-bond donors (Lipinski definition) is 2. The normalized spacial score (nSPS) is 15.8. The number of amides is 1. The van der Waals surface area contributed by atoms with Gasteiger partial charge in [-0.1, -0.05) is 18.2 Å². The highest BCUT2D eigenvalue weighted by atomic mass is 32.1. The van der Waals surface area contributed by atoms with Crippen molar-refractivity contribution >= 4 is 27.3 Å². The van der Waals surface area contributed by atoms with E-state index in [9.17, 15) is 4.79 Å². The highest BCUT2D eigenvalue weighted by Crippen LogP contribution is 2.26. The lowest BCUT2D eigenvalue weighted by atomic mass is 9.97. The van der Waals surface area contributed by atoms with E-state index in [1.54, 1.807) is 11.3 Å². The van der Waals surface area contributed by atoms with Gasteiger partial charge in [-0.3, -0.25) is 10.2 Å². The number of hydrazine groups is 1. The van der Waals surface area contributed by atoms with Crippen LogP contribution < -0.4 is 10.9 Å². The minimum Gasteiger partial charge on any atom is -0.381 e. The lowest BCUT2D eigenvalue weighted by Crippen LogP contribution is -2.38. The number of ether oxygens (including phenoxy) is 1. The van der Waals surface area contributed by atoms with Crippen molar-refractivity contribution in [1.82, 2.24) is 10.9 Å². The minimum absolute atomic E-state index is 0.0623. The van der Waals surface area contributed by atoms with E-state index in [0.29, 0.717) is 6.42 Å². The molecule has 0 saturated carbocycles. The van der Waals surface area contributed by atoms with Crippen LogP contribution in [0.5, 0.6) is 0 Å². The first-order valence-electron chi connectivity index (χ1n) is 8.37. The van der Waals surface area contributed by atoms with Gasteiger partial charge in [0.15, 0.2) is 0 Å². The second-order valence-corrected chi connectivity index (χ2v) is 6.99. The summed E-state index contributed by atoms with van der Waals surface area (Å²) in [5, 5.41) is 3.44. The van der Waals surface area contributed by atoms with Crippen LogP contribution in [0.2, 0.25) is 0 Å². The van der Waals surface area contributed by atoms with Gasteiger partial charge in [0, 0.05) is 30.9 Å². The summed E-state index contributed by atoms with van der Waals surface area (Å²) < 4.78 is 6.64. The van der Waals surface area contributed by atoms with Gasteiger partial charge in [0.2, 0.25) is 5.91 Å². The van der Waals surface area contributed by atoms with Crippen molar-refractivity contribution in [2.24, 2.45) is 5.92 Å². The third kappa shape index (κ3) is 4.77. The number of fused-ring (bicyclic) bond motifs is 1. The van der Waals surface area contributed by atoms with Crippen LogP contribution in [0, 0.1) is 5.92 Å². The molecule has 124 valence electrons. The maximum atomic E-state index is 11.9. The van der Waals surface area contributed by atoms with Crippen LogP contribution in [-0.4, -0.2) is 25.7 Å². The van der Waals surface area contributed by atoms with E-state index in [1.165, 1.54) is 15.6 Å². The molecule has 1 aromatic heterocycles. The molecule has 1 amide bonds. The van der Waals surface area contributed by atoms with Gasteiger partial charge in [0.05, 0.1) is 0 Å². The van der Waals surface area contributed by atoms with E-state index in [-0.39, 0.29) is 5.91 Å². The highest BCUT2D eigenvalue weighted by molar-refractivity contribution is 7.17. The summed E-state index contributed by atoms with van der Waals surface area (Å²) in [7, 11) is 0. The standard InChI is InChI=1S/C18H24N2O2S/c21-18(20-19-10-7-14-8-11-22-12-9-14)6-5-15-13-23-17-4-2-1-3-16(15)17/h1-4,13-14,19H,5-12H2,(H,20,21). The molecule has 1 fully saturated rings. The molecular weight excluding hydrogens is 308 g/mol. The molecule has 0 aliphatic carbocycles. The molecule has 0 bridgehead atoms. The van der Waals surface area contributed by atoms with Crippen LogP contribution in [0.3, 0.4) is 0 Å². The lowest BCUT2D eigenvalue weighted by Gasteiger charge is -2.21. The molecule has 0 radical (unpaired) electrons. The number of aryl methyl sites for hydroxylation is 1. The monoisotopic (exact) mass is 332 g/mol. The number of rotatable bonds is 7. The van der Waals surface area contributed by atoms with Gasteiger partial charge >= 0.3 is 0 Å². The third-order valence-corrected chi connectivity index (χ3v) is 5.44. The van der Waals surface area contributed by atoms with Crippen molar-refractivity contribution in [3.8, 4) is 0 Å². The predicted molar refractivity (Wildman–Crippen MR) is 94.5 cm³/mol. The molecule has 0 spiro atoms. The Morgan fingerprint density at radius 2 is 2.09 bits per heavy atom.